The minimum atomic E-state index is -1.53. The summed E-state index contributed by atoms with van der Waals surface area (Å²) in [6.07, 6.45) is -2.22. The summed E-state index contributed by atoms with van der Waals surface area (Å²) in [7, 11) is 0. The van der Waals surface area contributed by atoms with E-state index in [2.05, 4.69) is 16.0 Å². The summed E-state index contributed by atoms with van der Waals surface area (Å²) in [6.45, 7) is 2.40. The van der Waals surface area contributed by atoms with Crippen LogP contribution in [0.5, 0.6) is 5.75 Å². The SMILES string of the molecule is CC(NC(=O)C(CCC(=O)O)NC(=O)C(NC(=O)C(N)Cc1ccc(O)cc1)C(C)O)C(=O)O. The van der Waals surface area contributed by atoms with Crippen molar-refractivity contribution in [3.63, 3.8) is 0 Å². The van der Waals surface area contributed by atoms with Crippen molar-refractivity contribution in [2.75, 3.05) is 0 Å². The molecule has 1 aromatic rings. The molecule has 13 heteroatoms. The standard InChI is InChI=1S/C21H30N4O9/c1-10(21(33)34)23-19(31)15(7-8-16(28)29)24-20(32)17(11(2)26)25-18(30)14(22)9-12-3-5-13(27)6-4-12/h3-6,10-11,14-15,17,26-27H,7-9,22H2,1-2H3,(H,23,31)(H,24,32)(H,25,30)(H,28,29)(H,33,34). The van der Waals surface area contributed by atoms with Crippen molar-refractivity contribution in [2.45, 2.75) is 63.4 Å². The molecular formula is C21H30N4O9. The van der Waals surface area contributed by atoms with Gasteiger partial charge in [0.2, 0.25) is 17.7 Å². The number of amides is 3. The monoisotopic (exact) mass is 482 g/mol. The predicted molar refractivity (Wildman–Crippen MR) is 117 cm³/mol. The maximum absolute atomic E-state index is 12.7. The number of carbonyl (C=O) groups is 5. The van der Waals surface area contributed by atoms with Crippen molar-refractivity contribution in [1.82, 2.24) is 16.0 Å². The van der Waals surface area contributed by atoms with Crippen LogP contribution in [0.4, 0.5) is 0 Å². The van der Waals surface area contributed by atoms with Crippen LogP contribution in [0.15, 0.2) is 24.3 Å². The van der Waals surface area contributed by atoms with Gasteiger partial charge in [-0.1, -0.05) is 12.1 Å². The number of carboxylic acid groups (broad SMARTS) is 2. The van der Waals surface area contributed by atoms with Gasteiger partial charge >= 0.3 is 11.9 Å². The molecule has 5 unspecified atom stereocenters. The first-order chi connectivity index (χ1) is 15.8. The smallest absolute Gasteiger partial charge is 0.325 e. The summed E-state index contributed by atoms with van der Waals surface area (Å²) in [5, 5.41) is 43.8. The average molecular weight is 482 g/mol. The number of carbonyl (C=O) groups excluding carboxylic acids is 3. The number of aliphatic hydroxyl groups excluding tert-OH is 1. The third-order valence-electron chi connectivity index (χ3n) is 4.80. The summed E-state index contributed by atoms with van der Waals surface area (Å²) >= 11 is 0. The molecular weight excluding hydrogens is 452 g/mol. The second-order valence-corrected chi connectivity index (χ2v) is 7.77. The zero-order valence-electron chi connectivity index (χ0n) is 18.7. The van der Waals surface area contributed by atoms with Crippen LogP contribution in [-0.4, -0.2) is 80.4 Å². The molecule has 0 aromatic heterocycles. The molecule has 0 saturated carbocycles. The number of hydrogen-bond donors (Lipinski definition) is 8. The van der Waals surface area contributed by atoms with Crippen LogP contribution < -0.4 is 21.7 Å². The van der Waals surface area contributed by atoms with Crippen LogP contribution in [-0.2, 0) is 30.4 Å². The van der Waals surface area contributed by atoms with E-state index in [1.807, 2.05) is 0 Å². The zero-order chi connectivity index (χ0) is 26.0. The van der Waals surface area contributed by atoms with Gasteiger partial charge in [-0.2, -0.15) is 0 Å². The molecule has 0 aliphatic heterocycles. The first-order valence-corrected chi connectivity index (χ1v) is 10.4. The van der Waals surface area contributed by atoms with Gasteiger partial charge in [-0.25, -0.2) is 0 Å². The molecule has 1 aromatic carbocycles. The summed E-state index contributed by atoms with van der Waals surface area (Å²) in [5.74, 6) is -5.27. The largest absolute Gasteiger partial charge is 0.508 e. The average Bonchev–Trinajstić information content (AvgIpc) is 2.75. The summed E-state index contributed by atoms with van der Waals surface area (Å²) in [6, 6.07) is 0.572. The Kier molecular flexibility index (Phi) is 10.9. The van der Waals surface area contributed by atoms with Crippen LogP contribution in [0.25, 0.3) is 0 Å². The van der Waals surface area contributed by atoms with Crippen molar-refractivity contribution in [1.29, 1.82) is 0 Å². The van der Waals surface area contributed by atoms with Crippen molar-refractivity contribution in [2.24, 2.45) is 5.73 Å². The number of aliphatic hydroxyl groups is 1. The van der Waals surface area contributed by atoms with Gasteiger partial charge in [0.15, 0.2) is 0 Å². The normalized spacial score (nSPS) is 15.2. The van der Waals surface area contributed by atoms with E-state index in [4.69, 9.17) is 15.9 Å². The fraction of sp³-hybridized carbons (Fsp3) is 0.476. The number of hydrogen-bond acceptors (Lipinski definition) is 8. The highest BCUT2D eigenvalue weighted by Gasteiger charge is 2.32. The highest BCUT2D eigenvalue weighted by molar-refractivity contribution is 5.94. The fourth-order valence-electron chi connectivity index (χ4n) is 2.82. The van der Waals surface area contributed by atoms with Crippen LogP contribution >= 0.6 is 0 Å². The minimum absolute atomic E-state index is 0.0341. The third-order valence-corrected chi connectivity index (χ3v) is 4.80. The van der Waals surface area contributed by atoms with Gasteiger partial charge in [0.05, 0.1) is 12.1 Å². The van der Waals surface area contributed by atoms with E-state index in [1.165, 1.54) is 26.0 Å². The zero-order valence-corrected chi connectivity index (χ0v) is 18.7. The number of nitrogens with one attached hydrogen (secondary N) is 3. The lowest BCUT2D eigenvalue weighted by atomic mass is 10.0. The number of aliphatic carboxylic acids is 2. The number of aromatic hydroxyl groups is 1. The number of carboxylic acids is 2. The second-order valence-electron chi connectivity index (χ2n) is 7.77. The van der Waals surface area contributed by atoms with Gasteiger partial charge in [0, 0.05) is 6.42 Å². The molecule has 0 bridgehead atoms. The van der Waals surface area contributed by atoms with Crippen LogP contribution in [0, 0.1) is 0 Å². The Labute approximate surface area is 195 Å². The molecule has 0 aliphatic carbocycles. The third kappa shape index (κ3) is 9.42. The number of benzene rings is 1. The molecule has 1 rings (SSSR count). The Morgan fingerprint density at radius 1 is 0.912 bits per heavy atom. The summed E-state index contributed by atoms with van der Waals surface area (Å²) in [4.78, 5) is 59.5. The number of nitrogens with two attached hydrogens (primary N) is 1. The van der Waals surface area contributed by atoms with Crippen molar-refractivity contribution >= 4 is 29.7 Å². The van der Waals surface area contributed by atoms with E-state index in [0.717, 1.165) is 0 Å². The van der Waals surface area contributed by atoms with Crippen LogP contribution in [0.3, 0.4) is 0 Å². The molecule has 3 amide bonds. The minimum Gasteiger partial charge on any atom is -0.508 e. The molecule has 188 valence electrons. The molecule has 0 spiro atoms. The Balaban J connectivity index is 2.89. The first kappa shape index (κ1) is 28.3. The lowest BCUT2D eigenvalue weighted by Crippen LogP contribution is -2.59. The van der Waals surface area contributed by atoms with E-state index in [9.17, 15) is 34.2 Å². The topological polar surface area (TPSA) is 228 Å². The van der Waals surface area contributed by atoms with Gasteiger partial charge in [-0.15, -0.1) is 0 Å². The molecule has 5 atom stereocenters. The molecule has 0 saturated heterocycles. The van der Waals surface area contributed by atoms with Gasteiger partial charge < -0.3 is 42.1 Å². The molecule has 9 N–H and O–H groups in total. The van der Waals surface area contributed by atoms with Crippen LogP contribution in [0.2, 0.25) is 0 Å². The summed E-state index contributed by atoms with van der Waals surface area (Å²) < 4.78 is 0. The van der Waals surface area contributed by atoms with Crippen molar-refractivity contribution in [3.8, 4) is 5.75 Å². The maximum Gasteiger partial charge on any atom is 0.325 e. The predicted octanol–water partition coefficient (Wildman–Crippen LogP) is -1.93. The van der Waals surface area contributed by atoms with E-state index >= 15 is 0 Å². The quantitative estimate of drug-likeness (QED) is 0.155. The first-order valence-electron chi connectivity index (χ1n) is 10.4. The molecule has 0 aliphatic rings. The Morgan fingerprint density at radius 2 is 1.50 bits per heavy atom. The van der Waals surface area contributed by atoms with E-state index in [0.29, 0.717) is 5.56 Å². The summed E-state index contributed by atoms with van der Waals surface area (Å²) in [5.41, 5.74) is 6.51. The van der Waals surface area contributed by atoms with Crippen molar-refractivity contribution < 1.29 is 44.4 Å². The molecule has 0 fully saturated rings. The second kappa shape index (κ2) is 13.1. The number of phenolic OH excluding ortho intramolecular Hbond substituents is 1. The number of phenols is 1. The van der Waals surface area contributed by atoms with Gasteiger partial charge in [-0.3, -0.25) is 24.0 Å². The Morgan fingerprint density at radius 3 is 2.00 bits per heavy atom. The highest BCUT2D eigenvalue weighted by Crippen LogP contribution is 2.11. The highest BCUT2D eigenvalue weighted by atomic mass is 16.4. The Hall–Kier alpha value is -3.71. The lowest BCUT2D eigenvalue weighted by molar-refractivity contribution is -0.142. The van der Waals surface area contributed by atoms with Gasteiger partial charge in [0.1, 0.15) is 23.9 Å². The van der Waals surface area contributed by atoms with Crippen molar-refractivity contribution in [3.05, 3.63) is 29.8 Å². The molecule has 13 nitrogen and oxygen atoms in total. The van der Waals surface area contributed by atoms with Gasteiger partial charge in [-0.05, 0) is 44.4 Å². The molecule has 0 radical (unpaired) electrons. The molecule has 0 heterocycles. The Bertz CT molecular complexity index is 889. The van der Waals surface area contributed by atoms with E-state index in [1.54, 1.807) is 12.1 Å². The maximum atomic E-state index is 12.7. The van der Waals surface area contributed by atoms with E-state index in [-0.39, 0.29) is 18.6 Å². The lowest BCUT2D eigenvalue weighted by Gasteiger charge is -2.26. The molecule has 34 heavy (non-hydrogen) atoms. The van der Waals surface area contributed by atoms with Gasteiger partial charge in [0.25, 0.3) is 0 Å². The number of rotatable bonds is 13. The van der Waals surface area contributed by atoms with E-state index < -0.39 is 66.4 Å². The van der Waals surface area contributed by atoms with Crippen LogP contribution in [0.1, 0.15) is 32.3 Å². The fourth-order valence-corrected chi connectivity index (χ4v) is 2.82.